The zero-order chi connectivity index (χ0) is 20.4. The first kappa shape index (κ1) is 22.2. The molecule has 2 rings (SSSR count). The second-order valence-corrected chi connectivity index (χ2v) is 7.38. The molecule has 3 N–H and O–H groups in total. The normalized spacial score (nSPS) is 16.7. The first-order valence-electron chi connectivity index (χ1n) is 10.1. The SMILES string of the molecule is CCNC(=NCC1(N(C)C)CCOCC1)NCCc1cccc(C(=O)NC)c1. The summed E-state index contributed by atoms with van der Waals surface area (Å²) >= 11 is 0. The molecule has 0 saturated carbocycles. The van der Waals surface area contributed by atoms with E-state index in [1.54, 1.807) is 7.05 Å². The number of amides is 1. The predicted octanol–water partition coefficient (Wildman–Crippen LogP) is 1.25. The van der Waals surface area contributed by atoms with E-state index in [-0.39, 0.29) is 11.4 Å². The summed E-state index contributed by atoms with van der Waals surface area (Å²) in [6.45, 7) is 5.96. The minimum atomic E-state index is -0.0600. The predicted molar refractivity (Wildman–Crippen MR) is 114 cm³/mol. The first-order chi connectivity index (χ1) is 13.5. The lowest BCUT2D eigenvalue weighted by Crippen LogP contribution is -2.51. The first-order valence-corrected chi connectivity index (χ1v) is 10.1. The molecule has 0 bridgehead atoms. The number of aliphatic imine (C=N–C) groups is 1. The van der Waals surface area contributed by atoms with Crippen LogP contribution in [0.4, 0.5) is 0 Å². The lowest BCUT2D eigenvalue weighted by molar-refractivity contribution is -0.00254. The molecule has 1 aromatic rings. The summed E-state index contributed by atoms with van der Waals surface area (Å²) in [5.41, 5.74) is 1.87. The van der Waals surface area contributed by atoms with Gasteiger partial charge in [0, 0.05) is 44.5 Å². The highest BCUT2D eigenvalue weighted by Gasteiger charge is 2.34. The Kier molecular flexibility index (Phi) is 8.73. The summed E-state index contributed by atoms with van der Waals surface area (Å²) in [5, 5.41) is 9.41. The zero-order valence-corrected chi connectivity index (χ0v) is 17.7. The molecule has 1 aliphatic rings. The minimum absolute atomic E-state index is 0.0580. The van der Waals surface area contributed by atoms with E-state index in [4.69, 9.17) is 9.73 Å². The van der Waals surface area contributed by atoms with Crippen molar-refractivity contribution in [3.63, 3.8) is 0 Å². The van der Waals surface area contributed by atoms with Gasteiger partial charge >= 0.3 is 0 Å². The van der Waals surface area contributed by atoms with E-state index in [0.717, 1.165) is 63.6 Å². The molecule has 156 valence electrons. The van der Waals surface area contributed by atoms with E-state index in [2.05, 4.69) is 41.9 Å². The van der Waals surface area contributed by atoms with E-state index in [1.807, 2.05) is 24.3 Å². The highest BCUT2D eigenvalue weighted by atomic mass is 16.5. The van der Waals surface area contributed by atoms with Crippen LogP contribution in [-0.4, -0.2) is 76.3 Å². The number of nitrogens with zero attached hydrogens (tertiary/aromatic N) is 2. The molecule has 1 aromatic carbocycles. The zero-order valence-electron chi connectivity index (χ0n) is 17.7. The second-order valence-electron chi connectivity index (χ2n) is 7.38. The number of guanidine groups is 1. The van der Waals surface area contributed by atoms with E-state index >= 15 is 0 Å². The lowest BCUT2D eigenvalue weighted by Gasteiger charge is -2.41. The van der Waals surface area contributed by atoms with Crippen LogP contribution in [0.15, 0.2) is 29.3 Å². The van der Waals surface area contributed by atoms with Gasteiger partial charge in [0.15, 0.2) is 5.96 Å². The van der Waals surface area contributed by atoms with Gasteiger partial charge in [0.1, 0.15) is 0 Å². The molecule has 7 nitrogen and oxygen atoms in total. The molecule has 1 aliphatic heterocycles. The topological polar surface area (TPSA) is 78.0 Å². The molecule has 0 aliphatic carbocycles. The number of carbonyl (C=O) groups excluding carboxylic acids is 1. The van der Waals surface area contributed by atoms with E-state index in [0.29, 0.717) is 5.56 Å². The third-order valence-corrected chi connectivity index (χ3v) is 5.37. The van der Waals surface area contributed by atoms with Crippen LogP contribution in [0.3, 0.4) is 0 Å². The maximum Gasteiger partial charge on any atom is 0.251 e. The number of nitrogens with one attached hydrogen (secondary N) is 3. The maximum absolute atomic E-state index is 11.8. The van der Waals surface area contributed by atoms with Gasteiger partial charge in [-0.15, -0.1) is 0 Å². The van der Waals surface area contributed by atoms with Crippen LogP contribution in [0.5, 0.6) is 0 Å². The van der Waals surface area contributed by atoms with E-state index in [1.165, 1.54) is 0 Å². The number of ether oxygens (including phenoxy) is 1. The fraction of sp³-hybridized carbons (Fsp3) is 0.619. The molecule has 0 atom stereocenters. The van der Waals surface area contributed by atoms with Gasteiger partial charge in [-0.25, -0.2) is 0 Å². The molecule has 1 fully saturated rings. The summed E-state index contributed by atoms with van der Waals surface area (Å²) in [6.07, 6.45) is 2.81. The molecule has 1 saturated heterocycles. The smallest absolute Gasteiger partial charge is 0.251 e. The van der Waals surface area contributed by atoms with E-state index in [9.17, 15) is 4.79 Å². The molecule has 1 heterocycles. The molecule has 7 heteroatoms. The van der Waals surface area contributed by atoms with Crippen molar-refractivity contribution in [3.05, 3.63) is 35.4 Å². The van der Waals surface area contributed by atoms with Gasteiger partial charge in [-0.1, -0.05) is 12.1 Å². The Labute approximate surface area is 168 Å². The van der Waals surface area contributed by atoms with Crippen LogP contribution in [0, 0.1) is 0 Å². The third kappa shape index (κ3) is 6.21. The van der Waals surface area contributed by atoms with Crippen LogP contribution in [-0.2, 0) is 11.2 Å². The van der Waals surface area contributed by atoms with Crippen molar-refractivity contribution in [3.8, 4) is 0 Å². The number of hydrogen-bond donors (Lipinski definition) is 3. The Morgan fingerprint density at radius 2 is 2.00 bits per heavy atom. The van der Waals surface area contributed by atoms with Gasteiger partial charge in [-0.3, -0.25) is 9.79 Å². The van der Waals surface area contributed by atoms with Crippen molar-refractivity contribution in [2.45, 2.75) is 31.7 Å². The number of benzene rings is 1. The Morgan fingerprint density at radius 1 is 1.25 bits per heavy atom. The van der Waals surface area contributed by atoms with Gasteiger partial charge in [0.05, 0.1) is 6.54 Å². The number of hydrogen-bond acceptors (Lipinski definition) is 4. The molecule has 0 unspecified atom stereocenters. The summed E-state index contributed by atoms with van der Waals surface area (Å²) < 4.78 is 5.54. The fourth-order valence-electron chi connectivity index (χ4n) is 3.40. The Balaban J connectivity index is 1.95. The van der Waals surface area contributed by atoms with Crippen molar-refractivity contribution in [1.82, 2.24) is 20.9 Å². The van der Waals surface area contributed by atoms with Crippen molar-refractivity contribution in [2.24, 2.45) is 4.99 Å². The Bertz CT molecular complexity index is 654. The number of carbonyl (C=O) groups is 1. The van der Waals surface area contributed by atoms with Crippen LogP contribution >= 0.6 is 0 Å². The largest absolute Gasteiger partial charge is 0.381 e. The molecular weight excluding hydrogens is 354 g/mol. The second kappa shape index (κ2) is 11.0. The van der Waals surface area contributed by atoms with Crippen molar-refractivity contribution in [2.75, 3.05) is 54.0 Å². The van der Waals surface area contributed by atoms with Gasteiger partial charge in [0.25, 0.3) is 5.91 Å². The van der Waals surface area contributed by atoms with Gasteiger partial charge in [-0.2, -0.15) is 0 Å². The molecule has 0 aromatic heterocycles. The summed E-state index contributed by atoms with van der Waals surface area (Å²) in [6, 6.07) is 7.73. The maximum atomic E-state index is 11.8. The molecular formula is C21H35N5O2. The molecule has 1 amide bonds. The number of likely N-dealkylation sites (N-methyl/N-ethyl adjacent to an activating group) is 1. The van der Waals surface area contributed by atoms with Crippen molar-refractivity contribution < 1.29 is 9.53 Å². The van der Waals surface area contributed by atoms with Crippen LogP contribution in [0.1, 0.15) is 35.7 Å². The summed E-state index contributed by atoms with van der Waals surface area (Å²) in [5.74, 6) is 0.771. The fourth-order valence-corrected chi connectivity index (χ4v) is 3.40. The number of rotatable bonds is 8. The average molecular weight is 390 g/mol. The highest BCUT2D eigenvalue weighted by Crippen LogP contribution is 2.26. The Morgan fingerprint density at radius 3 is 2.64 bits per heavy atom. The van der Waals surface area contributed by atoms with Crippen LogP contribution in [0.25, 0.3) is 0 Å². The standard InChI is InChI=1S/C21H35N5O2/c1-5-23-20(25-16-21(26(3)4)10-13-28-14-11-21)24-12-9-17-7-6-8-18(15-17)19(27)22-2/h6-8,15H,5,9-14,16H2,1-4H3,(H,22,27)(H2,23,24,25). The monoisotopic (exact) mass is 389 g/mol. The minimum Gasteiger partial charge on any atom is -0.381 e. The molecule has 0 radical (unpaired) electrons. The Hall–Kier alpha value is -2.12. The highest BCUT2D eigenvalue weighted by molar-refractivity contribution is 5.94. The van der Waals surface area contributed by atoms with Crippen LogP contribution in [0.2, 0.25) is 0 Å². The molecule has 0 spiro atoms. The average Bonchev–Trinajstić information content (AvgIpc) is 2.72. The van der Waals surface area contributed by atoms with Gasteiger partial charge in [-0.05, 0) is 58.0 Å². The van der Waals surface area contributed by atoms with E-state index < -0.39 is 0 Å². The third-order valence-electron chi connectivity index (χ3n) is 5.37. The lowest BCUT2D eigenvalue weighted by atomic mass is 9.89. The molecule has 28 heavy (non-hydrogen) atoms. The summed E-state index contributed by atoms with van der Waals surface area (Å²) in [4.78, 5) is 18.9. The van der Waals surface area contributed by atoms with Gasteiger partial charge in [0.2, 0.25) is 0 Å². The van der Waals surface area contributed by atoms with Gasteiger partial charge < -0.3 is 25.6 Å². The summed E-state index contributed by atoms with van der Waals surface area (Å²) in [7, 11) is 5.90. The van der Waals surface area contributed by atoms with Crippen molar-refractivity contribution in [1.29, 1.82) is 0 Å². The quantitative estimate of drug-likeness (QED) is 0.461. The van der Waals surface area contributed by atoms with Crippen molar-refractivity contribution >= 4 is 11.9 Å². The van der Waals surface area contributed by atoms with Crippen LogP contribution < -0.4 is 16.0 Å².